The van der Waals surface area contributed by atoms with Crippen molar-refractivity contribution in [2.24, 2.45) is 5.92 Å². The number of esters is 4. The van der Waals surface area contributed by atoms with E-state index in [4.69, 9.17) is 37.0 Å². The summed E-state index contributed by atoms with van der Waals surface area (Å²) < 4.78 is 68.2. The predicted molar refractivity (Wildman–Crippen MR) is 354 cm³/mol. The molecule has 0 rings (SSSR count). The molecule has 0 spiro atoms. The van der Waals surface area contributed by atoms with Crippen molar-refractivity contribution in [1.82, 2.24) is 0 Å². The zero-order valence-corrected chi connectivity index (χ0v) is 58.6. The molecule has 0 aliphatic rings. The molecule has 0 heterocycles. The van der Waals surface area contributed by atoms with Crippen LogP contribution in [0.25, 0.3) is 0 Å². The maximum absolute atomic E-state index is 13.0. The lowest BCUT2D eigenvalue weighted by Crippen LogP contribution is -2.30. The van der Waals surface area contributed by atoms with Crippen molar-refractivity contribution >= 4 is 39.5 Å². The molecule has 0 amide bonds. The molecular formula is C69H134O17P2. The molecule has 0 aromatic carbocycles. The summed E-state index contributed by atoms with van der Waals surface area (Å²) in [6.45, 7) is 7.18. The third-order valence-corrected chi connectivity index (χ3v) is 17.9. The second kappa shape index (κ2) is 62.5. The van der Waals surface area contributed by atoms with Gasteiger partial charge in [0.2, 0.25) is 0 Å². The number of rotatable bonds is 69. The van der Waals surface area contributed by atoms with Crippen LogP contribution in [0.1, 0.15) is 356 Å². The number of hydrogen-bond acceptors (Lipinski definition) is 15. The van der Waals surface area contributed by atoms with Crippen LogP contribution in [0, 0.1) is 5.92 Å². The van der Waals surface area contributed by atoms with Gasteiger partial charge in [0.1, 0.15) is 19.3 Å². The molecule has 0 aromatic heterocycles. The summed E-state index contributed by atoms with van der Waals surface area (Å²) in [6, 6.07) is 0. The van der Waals surface area contributed by atoms with Gasteiger partial charge in [-0.25, -0.2) is 9.13 Å². The minimum atomic E-state index is -4.95. The molecule has 0 radical (unpaired) electrons. The number of carbonyl (C=O) groups excluding carboxylic acids is 4. The van der Waals surface area contributed by atoms with Crippen LogP contribution < -0.4 is 0 Å². The average Bonchev–Trinajstić information content (AvgIpc) is 3.65. The van der Waals surface area contributed by atoms with Gasteiger partial charge in [-0.05, 0) is 31.6 Å². The predicted octanol–water partition coefficient (Wildman–Crippen LogP) is 19.7. The largest absolute Gasteiger partial charge is 0.472 e. The van der Waals surface area contributed by atoms with Gasteiger partial charge in [-0.3, -0.25) is 37.3 Å². The Bertz CT molecular complexity index is 1700. The van der Waals surface area contributed by atoms with Crippen LogP contribution in [0.5, 0.6) is 0 Å². The smallest absolute Gasteiger partial charge is 0.462 e. The fourth-order valence-electron chi connectivity index (χ4n) is 10.5. The molecule has 17 nitrogen and oxygen atoms in total. The van der Waals surface area contributed by atoms with E-state index in [1.54, 1.807) is 0 Å². The first-order valence-electron chi connectivity index (χ1n) is 36.1. The molecule has 19 heteroatoms. The quantitative estimate of drug-likeness (QED) is 0.0222. The monoisotopic (exact) mass is 1300 g/mol. The molecule has 5 atom stereocenters. The van der Waals surface area contributed by atoms with Crippen molar-refractivity contribution in [2.45, 2.75) is 374 Å². The summed E-state index contributed by atoms with van der Waals surface area (Å²) in [5.74, 6) is -1.40. The second-order valence-corrected chi connectivity index (χ2v) is 28.3. The Morgan fingerprint density at radius 3 is 0.773 bits per heavy atom. The number of aliphatic hydroxyl groups excluding tert-OH is 1. The molecular weight excluding hydrogens is 1160 g/mol. The first-order chi connectivity index (χ1) is 42.5. The van der Waals surface area contributed by atoms with E-state index in [9.17, 15) is 43.2 Å². The van der Waals surface area contributed by atoms with Crippen molar-refractivity contribution < 1.29 is 80.2 Å². The lowest BCUT2D eigenvalue weighted by Gasteiger charge is -2.21. The molecule has 3 N–H and O–H groups in total. The molecule has 0 fully saturated rings. The van der Waals surface area contributed by atoms with Crippen molar-refractivity contribution in [3.63, 3.8) is 0 Å². The minimum Gasteiger partial charge on any atom is -0.462 e. The number of ether oxygens (including phenoxy) is 4. The highest BCUT2D eigenvalue weighted by molar-refractivity contribution is 7.47. The Balaban J connectivity index is 5.19. The molecule has 0 bridgehead atoms. The minimum absolute atomic E-state index is 0.106. The summed E-state index contributed by atoms with van der Waals surface area (Å²) in [6.07, 6.45) is 48.6. The van der Waals surface area contributed by atoms with Crippen molar-refractivity contribution in [3.05, 3.63) is 0 Å². The summed E-state index contributed by atoms with van der Waals surface area (Å²) in [5.41, 5.74) is 0. The molecule has 88 heavy (non-hydrogen) atoms. The Labute approximate surface area is 537 Å². The highest BCUT2D eigenvalue weighted by Crippen LogP contribution is 2.45. The van der Waals surface area contributed by atoms with E-state index in [2.05, 4.69) is 34.6 Å². The number of aliphatic hydroxyl groups is 1. The Morgan fingerprint density at radius 1 is 0.307 bits per heavy atom. The normalized spacial score (nSPS) is 14.1. The highest BCUT2D eigenvalue weighted by Gasteiger charge is 2.30. The van der Waals surface area contributed by atoms with Crippen LogP contribution >= 0.6 is 15.6 Å². The first-order valence-corrected chi connectivity index (χ1v) is 39.1. The van der Waals surface area contributed by atoms with Gasteiger partial charge in [-0.2, -0.15) is 0 Å². The van der Waals surface area contributed by atoms with Gasteiger partial charge in [0, 0.05) is 25.7 Å². The summed E-state index contributed by atoms with van der Waals surface area (Å²) in [7, 11) is -9.89. The van der Waals surface area contributed by atoms with Gasteiger partial charge in [0.25, 0.3) is 0 Å². The lowest BCUT2D eigenvalue weighted by molar-refractivity contribution is -0.161. The summed E-state index contributed by atoms with van der Waals surface area (Å²) in [4.78, 5) is 72.4. The van der Waals surface area contributed by atoms with Crippen LogP contribution in [0.4, 0.5) is 0 Å². The van der Waals surface area contributed by atoms with Gasteiger partial charge in [0.05, 0.1) is 26.4 Å². The van der Waals surface area contributed by atoms with E-state index < -0.39 is 97.5 Å². The number of hydrogen-bond donors (Lipinski definition) is 3. The third kappa shape index (κ3) is 62.8. The van der Waals surface area contributed by atoms with Crippen LogP contribution in [0.3, 0.4) is 0 Å². The van der Waals surface area contributed by atoms with Gasteiger partial charge >= 0.3 is 39.5 Å². The van der Waals surface area contributed by atoms with Crippen molar-refractivity contribution in [3.8, 4) is 0 Å². The molecule has 0 saturated heterocycles. The number of phosphoric acid groups is 2. The molecule has 0 aliphatic carbocycles. The molecule has 0 aliphatic heterocycles. The van der Waals surface area contributed by atoms with Crippen LogP contribution in [0.15, 0.2) is 0 Å². The van der Waals surface area contributed by atoms with Crippen molar-refractivity contribution in [2.75, 3.05) is 39.6 Å². The standard InChI is InChI=1S/C69H134O17P2/c1-6-9-12-15-18-21-23-24-25-26-27-28-29-30-33-40-45-50-55-69(74)86-65(59-80-67(72)53-48-43-38-35-34-36-41-46-51-62(4)5)61-84-88(77,78)82-57-63(70)56-81-87(75,76)83-60-64(58-79-66(71)52-47-42-37-31-20-17-14-11-8-3)85-68(73)54-49-44-39-32-22-19-16-13-10-7-2/h62-65,70H,6-61H2,1-5H3,(H,75,76)(H,77,78)/t63-,64+,65+/m0/s1. The molecule has 2 unspecified atom stereocenters. The summed E-state index contributed by atoms with van der Waals surface area (Å²) in [5, 5.41) is 10.6. The Kier molecular flexibility index (Phi) is 61.1. The topological polar surface area (TPSA) is 237 Å². The summed E-state index contributed by atoms with van der Waals surface area (Å²) >= 11 is 0. The molecule has 522 valence electrons. The highest BCUT2D eigenvalue weighted by atomic mass is 31.2. The van der Waals surface area contributed by atoms with E-state index >= 15 is 0 Å². The Morgan fingerprint density at radius 2 is 0.523 bits per heavy atom. The van der Waals surface area contributed by atoms with E-state index in [0.717, 1.165) is 95.8 Å². The van der Waals surface area contributed by atoms with Gasteiger partial charge in [0.15, 0.2) is 12.2 Å². The first kappa shape index (κ1) is 86.1. The second-order valence-electron chi connectivity index (χ2n) is 25.4. The zero-order valence-electron chi connectivity index (χ0n) is 56.9. The molecule has 0 saturated carbocycles. The maximum Gasteiger partial charge on any atom is 0.472 e. The fourth-order valence-corrected chi connectivity index (χ4v) is 12.0. The Hall–Kier alpha value is -1.94. The van der Waals surface area contributed by atoms with E-state index in [1.165, 1.54) is 180 Å². The van der Waals surface area contributed by atoms with Gasteiger partial charge in [-0.15, -0.1) is 0 Å². The lowest BCUT2D eigenvalue weighted by atomic mass is 10.0. The SMILES string of the molecule is CCCCCCCCCCCCCCCCCCCCC(=O)O[C@H](COC(=O)CCCCCCCCCCC(C)C)COP(=O)(O)OC[C@@H](O)COP(=O)(O)OC[C@@H](COC(=O)CCCCCCCCCCC)OC(=O)CCCCCCCCCCCC. The van der Waals surface area contributed by atoms with Gasteiger partial charge in [-0.1, -0.05) is 304 Å². The van der Waals surface area contributed by atoms with Crippen LogP contribution in [-0.4, -0.2) is 96.7 Å². The fraction of sp³-hybridized carbons (Fsp3) is 0.942. The number of phosphoric ester groups is 2. The maximum atomic E-state index is 13.0. The van der Waals surface area contributed by atoms with Gasteiger partial charge < -0.3 is 33.8 Å². The molecule has 0 aromatic rings. The third-order valence-electron chi connectivity index (χ3n) is 16.0. The van der Waals surface area contributed by atoms with Crippen LogP contribution in [-0.2, 0) is 65.4 Å². The average molecular weight is 1300 g/mol. The van der Waals surface area contributed by atoms with Crippen molar-refractivity contribution in [1.29, 1.82) is 0 Å². The van der Waals surface area contributed by atoms with Crippen LogP contribution in [0.2, 0.25) is 0 Å². The number of carbonyl (C=O) groups is 4. The van der Waals surface area contributed by atoms with E-state index in [0.29, 0.717) is 25.7 Å². The van der Waals surface area contributed by atoms with E-state index in [1.807, 2.05) is 0 Å². The van der Waals surface area contributed by atoms with E-state index in [-0.39, 0.29) is 25.7 Å². The zero-order chi connectivity index (χ0) is 64.9. The number of unbranched alkanes of at least 4 members (excludes halogenated alkanes) is 41.